The van der Waals surface area contributed by atoms with Crippen molar-refractivity contribution in [1.29, 1.82) is 5.26 Å². The van der Waals surface area contributed by atoms with Gasteiger partial charge in [-0.3, -0.25) is 0 Å². The molecule has 1 saturated heterocycles. The fourth-order valence-corrected chi connectivity index (χ4v) is 5.20. The largest absolute Gasteiger partial charge is 0.384 e. The summed E-state index contributed by atoms with van der Waals surface area (Å²) in [4.78, 5) is 0. The molecule has 0 aliphatic carbocycles. The van der Waals surface area contributed by atoms with Crippen LogP contribution in [0.5, 0.6) is 0 Å². The number of nitrogens with zero attached hydrogens (tertiary/aromatic N) is 1. The van der Waals surface area contributed by atoms with Gasteiger partial charge in [-0.25, -0.2) is 12.8 Å². The molecule has 2 unspecified atom stereocenters. The Morgan fingerprint density at radius 1 is 1.43 bits per heavy atom. The number of nitriles is 1. The number of rotatable bonds is 2. The molecule has 1 fully saturated rings. The van der Waals surface area contributed by atoms with Gasteiger partial charge in [-0.2, -0.15) is 5.26 Å². The maximum absolute atomic E-state index is 13.7. The molecule has 1 aliphatic heterocycles. The molecule has 0 bridgehead atoms. The van der Waals surface area contributed by atoms with Crippen molar-refractivity contribution in [3.63, 3.8) is 0 Å². The van der Waals surface area contributed by atoms with Gasteiger partial charge in [0.25, 0.3) is 0 Å². The summed E-state index contributed by atoms with van der Waals surface area (Å²) in [5.74, 6) is -1.50. The zero-order valence-electron chi connectivity index (χ0n) is 11.0. The molecular weight excluding hydrogens is 340 g/mol. The fourth-order valence-electron chi connectivity index (χ4n) is 2.58. The predicted molar refractivity (Wildman–Crippen MR) is 77.3 cm³/mol. The predicted octanol–water partition coefficient (Wildman–Crippen LogP) is 2.67. The highest BCUT2D eigenvalue weighted by Gasteiger charge is 2.56. The summed E-state index contributed by atoms with van der Waals surface area (Å²) in [6.07, 6.45) is -0.0423. The molecule has 8 heteroatoms. The molecule has 114 valence electrons. The second-order valence-electron chi connectivity index (χ2n) is 5.35. The molecule has 0 aromatic heterocycles. The molecule has 0 saturated carbocycles. The van der Waals surface area contributed by atoms with Gasteiger partial charge >= 0.3 is 0 Å². The Hall–Kier alpha value is -0.870. The third-order valence-corrected chi connectivity index (χ3v) is 6.35. The van der Waals surface area contributed by atoms with Crippen molar-refractivity contribution in [3.05, 3.63) is 33.6 Å². The Morgan fingerprint density at radius 3 is 2.52 bits per heavy atom. The third-order valence-electron chi connectivity index (χ3n) is 3.99. The van der Waals surface area contributed by atoms with Crippen molar-refractivity contribution in [2.45, 2.75) is 18.9 Å². The van der Waals surface area contributed by atoms with Crippen LogP contribution in [-0.2, 0) is 15.4 Å². The van der Waals surface area contributed by atoms with Gasteiger partial charge in [0.1, 0.15) is 16.8 Å². The normalized spacial score (nSPS) is 27.0. The van der Waals surface area contributed by atoms with E-state index in [4.69, 9.17) is 23.2 Å². The van der Waals surface area contributed by atoms with Gasteiger partial charge in [0.05, 0.1) is 22.6 Å². The van der Waals surface area contributed by atoms with Gasteiger partial charge in [-0.05, 0) is 25.5 Å². The van der Waals surface area contributed by atoms with Gasteiger partial charge in [-0.1, -0.05) is 23.2 Å². The molecule has 0 radical (unpaired) electrons. The van der Waals surface area contributed by atoms with Gasteiger partial charge in [-0.15, -0.1) is 0 Å². The summed E-state index contributed by atoms with van der Waals surface area (Å²) in [5, 5.41) is 20.0. The van der Waals surface area contributed by atoms with Crippen molar-refractivity contribution in [2.24, 2.45) is 5.41 Å². The van der Waals surface area contributed by atoms with E-state index in [1.165, 1.54) is 6.92 Å². The minimum Gasteiger partial charge on any atom is -0.384 e. The van der Waals surface area contributed by atoms with Gasteiger partial charge in [0, 0.05) is 10.6 Å². The molecule has 2 rings (SSSR count). The van der Waals surface area contributed by atoms with Crippen molar-refractivity contribution in [1.82, 2.24) is 0 Å². The van der Waals surface area contributed by atoms with E-state index in [2.05, 4.69) is 0 Å². The van der Waals surface area contributed by atoms with Crippen LogP contribution in [0.4, 0.5) is 4.39 Å². The third kappa shape index (κ3) is 2.64. The molecule has 0 amide bonds. The Bertz CT molecular complexity index is 743. The van der Waals surface area contributed by atoms with Crippen LogP contribution in [-0.4, -0.2) is 25.0 Å². The van der Waals surface area contributed by atoms with Crippen molar-refractivity contribution in [2.75, 3.05) is 11.5 Å². The molecule has 21 heavy (non-hydrogen) atoms. The number of halogens is 3. The molecule has 2 atom stereocenters. The van der Waals surface area contributed by atoms with Crippen molar-refractivity contribution >= 4 is 33.0 Å². The molecule has 1 aliphatic rings. The van der Waals surface area contributed by atoms with E-state index in [0.29, 0.717) is 0 Å². The molecule has 1 aromatic carbocycles. The molecule has 1 N–H and O–H groups in total. The average Bonchev–Trinajstić information content (AvgIpc) is 2.71. The lowest BCUT2D eigenvalue weighted by Gasteiger charge is -2.37. The zero-order chi connectivity index (χ0) is 16.1. The average molecular weight is 352 g/mol. The lowest BCUT2D eigenvalue weighted by molar-refractivity contribution is -0.0324. The molecule has 1 heterocycles. The second-order valence-corrected chi connectivity index (χ2v) is 8.35. The van der Waals surface area contributed by atoms with Gasteiger partial charge in [0.15, 0.2) is 9.84 Å². The summed E-state index contributed by atoms with van der Waals surface area (Å²) >= 11 is 11.6. The number of sulfone groups is 1. The Labute approximate surface area is 132 Å². The van der Waals surface area contributed by atoms with Crippen LogP contribution in [0.25, 0.3) is 0 Å². The van der Waals surface area contributed by atoms with Crippen molar-refractivity contribution in [3.8, 4) is 6.07 Å². The minimum absolute atomic E-state index is 0.0228. The van der Waals surface area contributed by atoms with E-state index < -0.39 is 32.4 Å². The molecule has 1 aromatic rings. The lowest BCUT2D eigenvalue weighted by Crippen LogP contribution is -2.44. The van der Waals surface area contributed by atoms with E-state index in [-0.39, 0.29) is 27.8 Å². The second kappa shape index (κ2) is 5.10. The summed E-state index contributed by atoms with van der Waals surface area (Å²) in [5.41, 5.74) is -3.55. The first-order valence-corrected chi connectivity index (χ1v) is 8.61. The standard InChI is InChI=1S/C13H12Cl2FNO3S/c1-12(18,8-4-11(16)10(15)5-9(8)14)13(6-17)2-3-21(19,20)7-13/h4-5,18H,2-3,7H2,1H3. The van der Waals surface area contributed by atoms with Crippen LogP contribution in [0.1, 0.15) is 18.9 Å². The summed E-state index contributed by atoms with van der Waals surface area (Å²) in [6.45, 7) is 1.27. The quantitative estimate of drug-likeness (QED) is 0.830. The summed E-state index contributed by atoms with van der Waals surface area (Å²) in [7, 11) is -3.43. The van der Waals surface area contributed by atoms with Crippen LogP contribution in [0.3, 0.4) is 0 Å². The highest BCUT2D eigenvalue weighted by atomic mass is 35.5. The van der Waals surface area contributed by atoms with Crippen LogP contribution < -0.4 is 0 Å². The zero-order valence-corrected chi connectivity index (χ0v) is 13.4. The number of aliphatic hydroxyl groups is 1. The molecule has 4 nitrogen and oxygen atoms in total. The molecule has 0 spiro atoms. The Kier molecular flexibility index (Phi) is 4.00. The maximum atomic E-state index is 13.7. The number of hydrogen-bond acceptors (Lipinski definition) is 4. The number of benzene rings is 1. The topological polar surface area (TPSA) is 78.2 Å². The van der Waals surface area contributed by atoms with E-state index in [1.807, 2.05) is 6.07 Å². The minimum atomic E-state index is -3.43. The fraction of sp³-hybridized carbons (Fsp3) is 0.462. The summed E-state index contributed by atoms with van der Waals surface area (Å²) in [6, 6.07) is 3.95. The van der Waals surface area contributed by atoms with E-state index in [0.717, 1.165) is 12.1 Å². The van der Waals surface area contributed by atoms with Crippen LogP contribution in [0.2, 0.25) is 10.0 Å². The first-order valence-electron chi connectivity index (χ1n) is 6.04. The first kappa shape index (κ1) is 16.5. The van der Waals surface area contributed by atoms with Crippen LogP contribution >= 0.6 is 23.2 Å². The monoisotopic (exact) mass is 351 g/mol. The van der Waals surface area contributed by atoms with E-state index >= 15 is 0 Å². The SMILES string of the molecule is CC(O)(c1cc(F)c(Cl)cc1Cl)C1(C#N)CCS(=O)(=O)C1. The van der Waals surface area contributed by atoms with Gasteiger partial charge < -0.3 is 5.11 Å². The molecular formula is C13H12Cl2FNO3S. The number of hydrogen-bond donors (Lipinski definition) is 1. The highest BCUT2D eigenvalue weighted by molar-refractivity contribution is 7.91. The Balaban J connectivity index is 2.62. The van der Waals surface area contributed by atoms with Crippen LogP contribution in [0, 0.1) is 22.6 Å². The van der Waals surface area contributed by atoms with Crippen molar-refractivity contribution < 1.29 is 17.9 Å². The van der Waals surface area contributed by atoms with E-state index in [9.17, 15) is 23.2 Å². The first-order chi connectivity index (χ1) is 9.55. The summed E-state index contributed by atoms with van der Waals surface area (Å²) < 4.78 is 37.1. The Morgan fingerprint density at radius 2 is 2.05 bits per heavy atom. The maximum Gasteiger partial charge on any atom is 0.152 e. The van der Waals surface area contributed by atoms with E-state index in [1.54, 1.807) is 0 Å². The van der Waals surface area contributed by atoms with Crippen LogP contribution in [0.15, 0.2) is 12.1 Å². The highest BCUT2D eigenvalue weighted by Crippen LogP contribution is 2.49. The smallest absolute Gasteiger partial charge is 0.152 e. The lowest BCUT2D eigenvalue weighted by atomic mass is 9.70. The van der Waals surface area contributed by atoms with Gasteiger partial charge in [0.2, 0.25) is 0 Å².